The largest absolute Gasteiger partial charge is 0.348 e. The van der Waals surface area contributed by atoms with Crippen LogP contribution >= 0.6 is 0 Å². The Labute approximate surface area is 160 Å². The molecule has 1 amide bonds. The first-order chi connectivity index (χ1) is 13.0. The van der Waals surface area contributed by atoms with Crippen molar-refractivity contribution in [2.24, 2.45) is 5.92 Å². The fourth-order valence-electron chi connectivity index (χ4n) is 4.18. The predicted molar refractivity (Wildman–Crippen MR) is 106 cm³/mol. The second-order valence-corrected chi connectivity index (χ2v) is 7.74. The van der Waals surface area contributed by atoms with Gasteiger partial charge in [-0.3, -0.25) is 4.79 Å². The third-order valence-electron chi connectivity index (χ3n) is 5.71. The van der Waals surface area contributed by atoms with Crippen LogP contribution in [0.5, 0.6) is 0 Å². The summed E-state index contributed by atoms with van der Waals surface area (Å²) in [5, 5.41) is 7.85. The van der Waals surface area contributed by atoms with E-state index in [1.165, 1.54) is 25.9 Å². The van der Waals surface area contributed by atoms with E-state index in [0.29, 0.717) is 17.3 Å². The number of aromatic nitrogens is 3. The molecule has 3 fully saturated rings. The van der Waals surface area contributed by atoms with Gasteiger partial charge in [0.1, 0.15) is 0 Å². The van der Waals surface area contributed by atoms with E-state index in [1.807, 2.05) is 54.9 Å². The molecule has 0 aliphatic carbocycles. The van der Waals surface area contributed by atoms with Crippen molar-refractivity contribution >= 4 is 11.9 Å². The van der Waals surface area contributed by atoms with E-state index in [9.17, 15) is 4.79 Å². The van der Waals surface area contributed by atoms with E-state index in [2.05, 4.69) is 20.3 Å². The van der Waals surface area contributed by atoms with Crippen LogP contribution in [0.15, 0.2) is 24.3 Å². The van der Waals surface area contributed by atoms with Crippen molar-refractivity contribution < 1.29 is 4.79 Å². The second-order valence-electron chi connectivity index (χ2n) is 7.74. The van der Waals surface area contributed by atoms with Crippen molar-refractivity contribution in [3.8, 4) is 11.4 Å². The van der Waals surface area contributed by atoms with Gasteiger partial charge in [0.25, 0.3) is 5.91 Å². The fraction of sp³-hybridized carbons (Fsp3) is 0.550. The van der Waals surface area contributed by atoms with Crippen molar-refractivity contribution in [1.29, 1.82) is 0 Å². The van der Waals surface area contributed by atoms with Crippen LogP contribution in [-0.2, 0) is 6.54 Å². The first-order valence-corrected chi connectivity index (χ1v) is 9.81. The molecule has 5 rings (SSSR count). The maximum Gasteiger partial charge on any atom is 0.251 e. The molecule has 1 unspecified atom stereocenters. The number of amides is 1. The average Bonchev–Trinajstić information content (AvgIpc) is 3.14. The first kappa shape index (κ1) is 18.0. The Kier molecular flexibility index (Phi) is 4.86. The standard InChI is InChI=1S/C20H28N6O/c1-4-26-20(24(2)3)22-18(23-26)15-6-5-7-16(12-15)19(27)21-17-13-25-10-8-14(17)9-11-25/h5-7,12,14,17H,4,8-11,13H2,1-3H3,(H,21,27). The van der Waals surface area contributed by atoms with Crippen molar-refractivity contribution in [3.63, 3.8) is 0 Å². The topological polar surface area (TPSA) is 66.3 Å². The molecule has 7 heteroatoms. The highest BCUT2D eigenvalue weighted by atomic mass is 16.1. The van der Waals surface area contributed by atoms with Gasteiger partial charge in [-0.2, -0.15) is 4.98 Å². The molecule has 1 atom stereocenters. The van der Waals surface area contributed by atoms with Crippen molar-refractivity contribution in [1.82, 2.24) is 25.0 Å². The molecule has 144 valence electrons. The number of hydrogen-bond donors (Lipinski definition) is 1. The van der Waals surface area contributed by atoms with E-state index in [0.717, 1.165) is 24.6 Å². The van der Waals surface area contributed by atoms with Crippen molar-refractivity contribution in [2.45, 2.75) is 32.4 Å². The molecule has 2 aromatic rings. The van der Waals surface area contributed by atoms with E-state index in [-0.39, 0.29) is 11.9 Å². The fourth-order valence-corrected chi connectivity index (χ4v) is 4.18. The van der Waals surface area contributed by atoms with Crippen molar-refractivity contribution in [2.75, 3.05) is 38.6 Å². The lowest BCUT2D eigenvalue weighted by atomic mass is 9.84. The molecule has 27 heavy (non-hydrogen) atoms. The lowest BCUT2D eigenvalue weighted by molar-refractivity contribution is 0.0620. The summed E-state index contributed by atoms with van der Waals surface area (Å²) in [6.45, 7) is 6.12. The number of benzene rings is 1. The van der Waals surface area contributed by atoms with Gasteiger partial charge in [-0.15, -0.1) is 5.10 Å². The minimum absolute atomic E-state index is 0.00152. The number of nitrogens with one attached hydrogen (secondary N) is 1. The zero-order valence-corrected chi connectivity index (χ0v) is 16.4. The summed E-state index contributed by atoms with van der Waals surface area (Å²) in [6.07, 6.45) is 2.38. The van der Waals surface area contributed by atoms with Gasteiger partial charge in [0.2, 0.25) is 5.95 Å². The summed E-state index contributed by atoms with van der Waals surface area (Å²) in [5.41, 5.74) is 1.54. The molecule has 1 aromatic carbocycles. The van der Waals surface area contributed by atoms with Gasteiger partial charge in [0, 0.05) is 44.4 Å². The molecule has 0 radical (unpaired) electrons. The first-order valence-electron chi connectivity index (χ1n) is 9.81. The highest BCUT2D eigenvalue weighted by Gasteiger charge is 2.34. The minimum atomic E-state index is -0.00152. The van der Waals surface area contributed by atoms with Crippen LogP contribution in [0, 0.1) is 5.92 Å². The Balaban J connectivity index is 1.53. The molecule has 3 saturated heterocycles. The maximum atomic E-state index is 12.8. The summed E-state index contributed by atoms with van der Waals surface area (Å²) in [4.78, 5) is 21.9. The van der Waals surface area contributed by atoms with Gasteiger partial charge >= 0.3 is 0 Å². The number of carbonyl (C=O) groups is 1. The number of carbonyl (C=O) groups excluding carboxylic acids is 1. The SMILES string of the molecule is CCn1nc(-c2cccc(C(=O)NC3CN4CCC3CC4)c2)nc1N(C)C. The normalized spacial score (nSPS) is 24.0. The summed E-state index contributed by atoms with van der Waals surface area (Å²) in [6, 6.07) is 7.89. The Morgan fingerprint density at radius 2 is 2.07 bits per heavy atom. The molecule has 7 nitrogen and oxygen atoms in total. The Morgan fingerprint density at radius 3 is 2.67 bits per heavy atom. The lowest BCUT2D eigenvalue weighted by Crippen LogP contribution is -2.57. The predicted octanol–water partition coefficient (Wildman–Crippen LogP) is 1.85. The number of nitrogens with zero attached hydrogens (tertiary/aromatic N) is 5. The Bertz CT molecular complexity index is 822. The summed E-state index contributed by atoms with van der Waals surface area (Å²) >= 11 is 0. The van der Waals surface area contributed by atoms with Gasteiger partial charge in [-0.05, 0) is 50.9 Å². The van der Waals surface area contributed by atoms with Crippen molar-refractivity contribution in [3.05, 3.63) is 29.8 Å². The third kappa shape index (κ3) is 3.56. The molecule has 1 aromatic heterocycles. The van der Waals surface area contributed by atoms with Gasteiger partial charge in [-0.1, -0.05) is 12.1 Å². The quantitative estimate of drug-likeness (QED) is 0.873. The second kappa shape index (κ2) is 7.31. The molecule has 1 N–H and O–H groups in total. The Morgan fingerprint density at radius 1 is 1.30 bits per heavy atom. The monoisotopic (exact) mass is 368 g/mol. The summed E-state index contributed by atoms with van der Waals surface area (Å²) in [7, 11) is 3.91. The molecule has 2 bridgehead atoms. The van der Waals surface area contributed by atoms with Crippen LogP contribution in [-0.4, -0.2) is 65.3 Å². The van der Waals surface area contributed by atoms with Crippen LogP contribution in [0.1, 0.15) is 30.1 Å². The molecule has 3 aliphatic rings. The molecule has 3 aliphatic heterocycles. The molecule has 0 saturated carbocycles. The van der Waals surface area contributed by atoms with E-state index >= 15 is 0 Å². The zero-order valence-electron chi connectivity index (χ0n) is 16.4. The van der Waals surface area contributed by atoms with Crippen LogP contribution in [0.25, 0.3) is 11.4 Å². The van der Waals surface area contributed by atoms with Crippen LogP contribution in [0.3, 0.4) is 0 Å². The average molecular weight is 368 g/mol. The van der Waals surface area contributed by atoms with Crippen LogP contribution < -0.4 is 10.2 Å². The van der Waals surface area contributed by atoms with E-state index in [1.54, 1.807) is 0 Å². The van der Waals surface area contributed by atoms with E-state index < -0.39 is 0 Å². The van der Waals surface area contributed by atoms with Crippen LogP contribution in [0.2, 0.25) is 0 Å². The maximum absolute atomic E-state index is 12.8. The van der Waals surface area contributed by atoms with Gasteiger partial charge < -0.3 is 15.1 Å². The number of fused-ring (bicyclic) bond motifs is 3. The van der Waals surface area contributed by atoms with E-state index in [4.69, 9.17) is 0 Å². The van der Waals surface area contributed by atoms with Gasteiger partial charge in [-0.25, -0.2) is 4.68 Å². The van der Waals surface area contributed by atoms with Crippen LogP contribution in [0.4, 0.5) is 5.95 Å². The van der Waals surface area contributed by atoms with Gasteiger partial charge in [0.15, 0.2) is 5.82 Å². The number of rotatable bonds is 5. The molecule has 0 spiro atoms. The number of piperidine rings is 3. The van der Waals surface area contributed by atoms with Gasteiger partial charge in [0.05, 0.1) is 0 Å². The minimum Gasteiger partial charge on any atom is -0.348 e. The Hall–Kier alpha value is -2.41. The highest BCUT2D eigenvalue weighted by molar-refractivity contribution is 5.95. The third-order valence-corrected chi connectivity index (χ3v) is 5.71. The number of aryl methyl sites for hydroxylation is 1. The smallest absolute Gasteiger partial charge is 0.251 e. The summed E-state index contributed by atoms with van der Waals surface area (Å²) in [5.74, 6) is 2.08. The zero-order chi connectivity index (χ0) is 19.0. The summed E-state index contributed by atoms with van der Waals surface area (Å²) < 4.78 is 1.87. The number of hydrogen-bond acceptors (Lipinski definition) is 5. The lowest BCUT2D eigenvalue weighted by Gasteiger charge is -2.44. The molecular formula is C20H28N6O. The molecule has 4 heterocycles. The number of anilines is 1. The highest BCUT2D eigenvalue weighted by Crippen LogP contribution is 2.28. The molecular weight excluding hydrogens is 340 g/mol.